The zero-order valence-corrected chi connectivity index (χ0v) is 19.2. The van der Waals surface area contributed by atoms with Gasteiger partial charge in [-0.3, -0.25) is 14.9 Å². The molecule has 0 heterocycles. The van der Waals surface area contributed by atoms with Crippen LogP contribution in [0.25, 0.3) is 0 Å². The van der Waals surface area contributed by atoms with Crippen LogP contribution in [0.4, 0.5) is 0 Å². The number of rotatable bonds is 15. The molecule has 0 aromatic heterocycles. The lowest BCUT2D eigenvalue weighted by Gasteiger charge is -2.29. The minimum atomic E-state index is -0.456. The summed E-state index contributed by atoms with van der Waals surface area (Å²) in [5.41, 5.74) is 4.82. The lowest BCUT2D eigenvalue weighted by Crippen LogP contribution is -2.51. The van der Waals surface area contributed by atoms with Crippen molar-refractivity contribution in [2.75, 3.05) is 27.2 Å². The van der Waals surface area contributed by atoms with Gasteiger partial charge in [-0.15, -0.1) is 0 Å². The first-order valence-electron chi connectivity index (χ1n) is 10.6. The highest BCUT2D eigenvalue weighted by atomic mass is 16.5. The summed E-state index contributed by atoms with van der Waals surface area (Å²) in [6.07, 6.45) is 2.00. The van der Waals surface area contributed by atoms with Crippen molar-refractivity contribution in [3.8, 4) is 11.5 Å². The number of nitrogens with zero attached hydrogens (tertiary/aromatic N) is 2. The Labute approximate surface area is 195 Å². The van der Waals surface area contributed by atoms with Gasteiger partial charge in [0.05, 0.1) is 19.8 Å². The van der Waals surface area contributed by atoms with Crippen molar-refractivity contribution in [2.45, 2.75) is 25.7 Å². The van der Waals surface area contributed by atoms with Crippen LogP contribution in [0.3, 0.4) is 0 Å². The van der Waals surface area contributed by atoms with Gasteiger partial charge < -0.3 is 25.5 Å². The maximum absolute atomic E-state index is 13.1. The van der Waals surface area contributed by atoms with Crippen LogP contribution in [0, 0.1) is 0 Å². The fourth-order valence-electron chi connectivity index (χ4n) is 3.18. The minimum Gasteiger partial charge on any atom is -0.508 e. The molecule has 0 bridgehead atoms. The van der Waals surface area contributed by atoms with Gasteiger partial charge in [-0.25, -0.2) is 5.01 Å². The van der Waals surface area contributed by atoms with E-state index in [0.717, 1.165) is 16.9 Å². The number of hydrogen-bond donors (Lipinski definition) is 4. The van der Waals surface area contributed by atoms with Gasteiger partial charge in [0.1, 0.15) is 11.5 Å². The first kappa shape index (κ1) is 25.7. The van der Waals surface area contributed by atoms with E-state index >= 15 is 0 Å². The predicted molar refractivity (Wildman–Crippen MR) is 127 cm³/mol. The van der Waals surface area contributed by atoms with Gasteiger partial charge in [0.2, 0.25) is 12.3 Å². The van der Waals surface area contributed by atoms with Gasteiger partial charge in [-0.2, -0.15) is 0 Å². The molecule has 178 valence electrons. The summed E-state index contributed by atoms with van der Waals surface area (Å²) in [4.78, 5) is 26.0. The van der Waals surface area contributed by atoms with Crippen LogP contribution < -0.4 is 20.8 Å². The molecule has 0 saturated carbocycles. The molecule has 2 rings (SSSR count). The normalized spacial score (nSPS) is 11.5. The topological polar surface area (TPSA) is 106 Å². The molecular weight excluding hydrogens is 422 g/mol. The Kier molecular flexibility index (Phi) is 10.7. The summed E-state index contributed by atoms with van der Waals surface area (Å²) in [7, 11) is 3.44. The van der Waals surface area contributed by atoms with E-state index in [0.29, 0.717) is 32.5 Å². The van der Waals surface area contributed by atoms with E-state index in [4.69, 9.17) is 4.74 Å². The second-order valence-corrected chi connectivity index (χ2v) is 7.51. The third-order valence-electron chi connectivity index (χ3n) is 5.02. The molecule has 2 aromatic rings. The molecule has 0 spiro atoms. The molecule has 0 fully saturated rings. The van der Waals surface area contributed by atoms with Crippen molar-refractivity contribution < 1.29 is 19.4 Å². The first-order chi connectivity index (χ1) is 15.9. The highest BCUT2D eigenvalue weighted by molar-refractivity contribution is 5.76. The van der Waals surface area contributed by atoms with Crippen LogP contribution in [-0.2, 0) is 22.7 Å². The van der Waals surface area contributed by atoms with E-state index in [1.54, 1.807) is 47.5 Å². The van der Waals surface area contributed by atoms with Crippen LogP contribution in [0.15, 0.2) is 61.3 Å². The van der Waals surface area contributed by atoms with Gasteiger partial charge in [-0.1, -0.05) is 30.8 Å². The standard InChI is InChI=1S/C24H33N5O4/c1-4-27-28(2)14-13-24(32)29(16-20-7-11-22(33-3)12-8-20)17-23(26-18-30)25-15-19-5-9-21(31)10-6-19/h4-12,18,23,25,27,31H,1,13-17H2,2-3H3,(H,26,30). The maximum atomic E-state index is 13.1. The zero-order valence-electron chi connectivity index (χ0n) is 19.2. The third kappa shape index (κ3) is 9.22. The average molecular weight is 456 g/mol. The number of aromatic hydroxyl groups is 1. The van der Waals surface area contributed by atoms with E-state index in [1.165, 1.54) is 0 Å². The van der Waals surface area contributed by atoms with E-state index < -0.39 is 6.17 Å². The number of phenols is 1. The molecular formula is C24H33N5O4. The van der Waals surface area contributed by atoms with Gasteiger partial charge in [0, 0.05) is 39.3 Å². The van der Waals surface area contributed by atoms with E-state index in [2.05, 4.69) is 22.6 Å². The molecule has 4 N–H and O–H groups in total. The highest BCUT2D eigenvalue weighted by Gasteiger charge is 2.19. The van der Waals surface area contributed by atoms with Gasteiger partial charge in [0.15, 0.2) is 0 Å². The molecule has 1 atom stereocenters. The summed E-state index contributed by atoms with van der Waals surface area (Å²) in [5.74, 6) is 0.881. The lowest BCUT2D eigenvalue weighted by molar-refractivity contribution is -0.133. The molecule has 0 aliphatic carbocycles. The Morgan fingerprint density at radius 3 is 2.42 bits per heavy atom. The van der Waals surface area contributed by atoms with Crippen molar-refractivity contribution >= 4 is 12.3 Å². The van der Waals surface area contributed by atoms with Gasteiger partial charge in [0.25, 0.3) is 0 Å². The summed E-state index contributed by atoms with van der Waals surface area (Å²) >= 11 is 0. The highest BCUT2D eigenvalue weighted by Crippen LogP contribution is 2.14. The number of hydrazine groups is 1. The molecule has 0 saturated heterocycles. The monoisotopic (exact) mass is 455 g/mol. The third-order valence-corrected chi connectivity index (χ3v) is 5.02. The van der Waals surface area contributed by atoms with E-state index in [9.17, 15) is 14.7 Å². The molecule has 0 aliphatic heterocycles. The largest absolute Gasteiger partial charge is 0.508 e. The molecule has 0 radical (unpaired) electrons. The Bertz CT molecular complexity index is 873. The van der Waals surface area contributed by atoms with E-state index in [1.807, 2.05) is 31.3 Å². The minimum absolute atomic E-state index is 0.0485. The average Bonchev–Trinajstić information content (AvgIpc) is 2.82. The summed E-state index contributed by atoms with van der Waals surface area (Å²) in [6, 6.07) is 14.3. The predicted octanol–water partition coefficient (Wildman–Crippen LogP) is 1.56. The second-order valence-electron chi connectivity index (χ2n) is 7.51. The van der Waals surface area contributed by atoms with Gasteiger partial charge in [-0.05, 0) is 35.4 Å². The molecule has 9 heteroatoms. The number of methoxy groups -OCH3 is 1. The smallest absolute Gasteiger partial charge is 0.224 e. The van der Waals surface area contributed by atoms with Gasteiger partial charge >= 0.3 is 0 Å². The molecule has 33 heavy (non-hydrogen) atoms. The molecule has 9 nitrogen and oxygen atoms in total. The second kappa shape index (κ2) is 13.8. The fourth-order valence-corrected chi connectivity index (χ4v) is 3.18. The number of nitrogens with one attached hydrogen (secondary N) is 3. The quantitative estimate of drug-likeness (QED) is 0.183. The zero-order chi connectivity index (χ0) is 24.1. The van der Waals surface area contributed by atoms with Crippen LogP contribution in [0.1, 0.15) is 17.5 Å². The van der Waals surface area contributed by atoms with Crippen LogP contribution >= 0.6 is 0 Å². The van der Waals surface area contributed by atoms with Crippen molar-refractivity contribution in [3.05, 3.63) is 72.4 Å². The Balaban J connectivity index is 2.09. The van der Waals surface area contributed by atoms with E-state index in [-0.39, 0.29) is 18.2 Å². The Hall–Kier alpha value is -3.56. The SMILES string of the molecule is C=CNN(C)CCC(=O)N(Cc1ccc(OC)cc1)CC(NC=O)NCc1ccc(O)cc1. The number of carbonyl (C=O) groups is 2. The van der Waals surface area contributed by atoms with Crippen molar-refractivity contribution in [2.24, 2.45) is 0 Å². The molecule has 2 amide bonds. The lowest BCUT2D eigenvalue weighted by atomic mass is 10.2. The number of ether oxygens (including phenoxy) is 1. The molecule has 2 aromatic carbocycles. The summed E-state index contributed by atoms with van der Waals surface area (Å²) < 4.78 is 5.21. The van der Waals surface area contributed by atoms with Crippen LogP contribution in [0.2, 0.25) is 0 Å². The Morgan fingerprint density at radius 2 is 1.82 bits per heavy atom. The number of phenolic OH excluding ortho intramolecular Hbond substituents is 1. The number of amides is 2. The fraction of sp³-hybridized carbons (Fsp3) is 0.333. The summed E-state index contributed by atoms with van der Waals surface area (Å²) in [5, 5.41) is 17.2. The number of hydrogen-bond acceptors (Lipinski definition) is 7. The first-order valence-corrected chi connectivity index (χ1v) is 10.6. The molecule has 0 aliphatic rings. The van der Waals surface area contributed by atoms with Crippen molar-refractivity contribution in [1.82, 2.24) is 26.0 Å². The number of benzene rings is 2. The molecule has 1 unspecified atom stereocenters. The maximum Gasteiger partial charge on any atom is 0.224 e. The van der Waals surface area contributed by atoms with Crippen LogP contribution in [0.5, 0.6) is 11.5 Å². The number of carbonyl (C=O) groups excluding carboxylic acids is 2. The van der Waals surface area contributed by atoms with Crippen LogP contribution in [-0.4, -0.2) is 60.7 Å². The van der Waals surface area contributed by atoms with Crippen molar-refractivity contribution in [3.63, 3.8) is 0 Å². The Morgan fingerprint density at radius 1 is 1.15 bits per heavy atom. The van der Waals surface area contributed by atoms with Crippen molar-refractivity contribution in [1.29, 1.82) is 0 Å². The summed E-state index contributed by atoms with van der Waals surface area (Å²) in [6.45, 7) is 5.24.